The highest BCUT2D eigenvalue weighted by Crippen LogP contribution is 2.37. The third-order valence-corrected chi connectivity index (χ3v) is 4.62. The van der Waals surface area contributed by atoms with Crippen LogP contribution >= 0.6 is 0 Å². The van der Waals surface area contributed by atoms with E-state index in [2.05, 4.69) is 10.0 Å². The number of phenolic OH excluding ortho intramolecular Hbond substituents is 1. The van der Waals surface area contributed by atoms with Crippen LogP contribution < -0.4 is 10.0 Å². The van der Waals surface area contributed by atoms with Gasteiger partial charge in [-0.25, -0.2) is 8.42 Å². The molecule has 1 aliphatic rings. The van der Waals surface area contributed by atoms with Crippen molar-refractivity contribution in [1.29, 1.82) is 0 Å². The second kappa shape index (κ2) is 7.11. The first-order valence-electron chi connectivity index (χ1n) is 7.64. The SMILES string of the molecule is CS(=O)(=O)Nc1ccc(O)c(C(=O)N[C@@H]2CCC[C@H](C(F)(F)F)C2)c1. The number of alkyl halides is 3. The molecule has 1 saturated carbocycles. The highest BCUT2D eigenvalue weighted by Gasteiger charge is 2.42. The van der Waals surface area contributed by atoms with E-state index in [9.17, 15) is 31.5 Å². The topological polar surface area (TPSA) is 95.5 Å². The second-order valence-corrected chi connectivity index (χ2v) is 7.93. The van der Waals surface area contributed by atoms with Crippen LogP contribution in [0.15, 0.2) is 18.2 Å². The quantitative estimate of drug-likeness (QED) is 0.700. The second-order valence-electron chi connectivity index (χ2n) is 6.18. The van der Waals surface area contributed by atoms with Crippen LogP contribution in [0.5, 0.6) is 5.75 Å². The zero-order chi connectivity index (χ0) is 18.8. The Morgan fingerprint density at radius 1 is 1.28 bits per heavy atom. The minimum absolute atomic E-state index is 0.0366. The Hall–Kier alpha value is -1.97. The number of hydrogen-bond donors (Lipinski definition) is 3. The van der Waals surface area contributed by atoms with E-state index >= 15 is 0 Å². The molecular formula is C15H19F3N2O4S. The van der Waals surface area contributed by atoms with E-state index in [4.69, 9.17) is 0 Å². The van der Waals surface area contributed by atoms with Gasteiger partial charge in [0.15, 0.2) is 0 Å². The summed E-state index contributed by atoms with van der Waals surface area (Å²) in [5.41, 5.74) is -0.134. The number of halogens is 3. The number of carbonyl (C=O) groups excluding carboxylic acids is 1. The Bertz CT molecular complexity index is 750. The fourth-order valence-corrected chi connectivity index (χ4v) is 3.43. The van der Waals surface area contributed by atoms with Gasteiger partial charge in [-0.2, -0.15) is 13.2 Å². The summed E-state index contributed by atoms with van der Waals surface area (Å²) in [6.45, 7) is 0. The fourth-order valence-electron chi connectivity index (χ4n) is 2.88. The molecule has 1 fully saturated rings. The Kier molecular flexibility index (Phi) is 5.50. The third-order valence-electron chi connectivity index (χ3n) is 4.02. The molecular weight excluding hydrogens is 361 g/mol. The summed E-state index contributed by atoms with van der Waals surface area (Å²) < 4.78 is 63.1. The molecule has 1 aromatic rings. The molecule has 0 heterocycles. The van der Waals surface area contributed by atoms with Gasteiger partial charge >= 0.3 is 6.18 Å². The number of hydrogen-bond acceptors (Lipinski definition) is 4. The van der Waals surface area contributed by atoms with Crippen LogP contribution in [0.25, 0.3) is 0 Å². The van der Waals surface area contributed by atoms with Gasteiger partial charge in [0.05, 0.1) is 17.7 Å². The predicted octanol–water partition coefficient (Wildman–Crippen LogP) is 2.61. The van der Waals surface area contributed by atoms with Crippen molar-refractivity contribution in [3.8, 4) is 5.75 Å². The summed E-state index contributed by atoms with van der Waals surface area (Å²) in [6.07, 6.45) is -2.78. The van der Waals surface area contributed by atoms with Crippen LogP contribution in [0, 0.1) is 5.92 Å². The first kappa shape index (κ1) is 19.4. The molecule has 1 aromatic carbocycles. The normalized spacial score (nSPS) is 21.6. The maximum absolute atomic E-state index is 12.8. The molecule has 0 saturated heterocycles. The number of benzene rings is 1. The molecule has 0 spiro atoms. The minimum Gasteiger partial charge on any atom is -0.507 e. The summed E-state index contributed by atoms with van der Waals surface area (Å²) in [6, 6.07) is 2.89. The molecule has 25 heavy (non-hydrogen) atoms. The molecule has 10 heteroatoms. The molecule has 0 unspecified atom stereocenters. The zero-order valence-corrected chi connectivity index (χ0v) is 14.2. The molecule has 0 radical (unpaired) electrons. The van der Waals surface area contributed by atoms with Crippen molar-refractivity contribution < 1.29 is 31.5 Å². The van der Waals surface area contributed by atoms with Crippen molar-refractivity contribution in [3.05, 3.63) is 23.8 Å². The lowest BCUT2D eigenvalue weighted by Crippen LogP contribution is -2.41. The first-order valence-corrected chi connectivity index (χ1v) is 9.53. The van der Waals surface area contributed by atoms with Gasteiger partial charge in [0.2, 0.25) is 10.0 Å². The molecule has 0 aromatic heterocycles. The zero-order valence-electron chi connectivity index (χ0n) is 13.4. The van der Waals surface area contributed by atoms with Gasteiger partial charge in [0.25, 0.3) is 5.91 Å². The molecule has 1 aliphatic carbocycles. The average Bonchev–Trinajstić information content (AvgIpc) is 2.47. The van der Waals surface area contributed by atoms with Crippen LogP contribution in [0.4, 0.5) is 18.9 Å². The lowest BCUT2D eigenvalue weighted by molar-refractivity contribution is -0.183. The number of carbonyl (C=O) groups is 1. The van der Waals surface area contributed by atoms with E-state index in [0.29, 0.717) is 12.8 Å². The van der Waals surface area contributed by atoms with Crippen LogP contribution in [0.3, 0.4) is 0 Å². The highest BCUT2D eigenvalue weighted by atomic mass is 32.2. The van der Waals surface area contributed by atoms with E-state index in [1.54, 1.807) is 0 Å². The Morgan fingerprint density at radius 2 is 1.96 bits per heavy atom. The van der Waals surface area contributed by atoms with Crippen molar-refractivity contribution in [2.24, 2.45) is 5.92 Å². The average molecular weight is 380 g/mol. The number of nitrogens with one attached hydrogen (secondary N) is 2. The highest BCUT2D eigenvalue weighted by molar-refractivity contribution is 7.92. The molecule has 6 nitrogen and oxygen atoms in total. The molecule has 2 rings (SSSR count). The van der Waals surface area contributed by atoms with Gasteiger partial charge in [-0.05, 0) is 37.5 Å². The number of anilines is 1. The summed E-state index contributed by atoms with van der Waals surface area (Å²) in [5.74, 6) is -2.60. The number of aromatic hydroxyl groups is 1. The van der Waals surface area contributed by atoms with Crippen molar-refractivity contribution in [2.75, 3.05) is 11.0 Å². The number of sulfonamides is 1. The van der Waals surface area contributed by atoms with Gasteiger partial charge < -0.3 is 10.4 Å². The maximum Gasteiger partial charge on any atom is 0.391 e. The van der Waals surface area contributed by atoms with Crippen molar-refractivity contribution >= 4 is 21.6 Å². The van der Waals surface area contributed by atoms with E-state index in [1.807, 2.05) is 0 Å². The van der Waals surface area contributed by atoms with Crippen LogP contribution in [0.1, 0.15) is 36.0 Å². The van der Waals surface area contributed by atoms with Gasteiger partial charge in [0, 0.05) is 11.7 Å². The number of phenols is 1. The summed E-state index contributed by atoms with van der Waals surface area (Å²) in [7, 11) is -3.57. The van der Waals surface area contributed by atoms with E-state index in [1.165, 1.54) is 6.07 Å². The van der Waals surface area contributed by atoms with Gasteiger partial charge in [-0.15, -0.1) is 0 Å². The number of amides is 1. The van der Waals surface area contributed by atoms with Gasteiger partial charge in [0.1, 0.15) is 5.75 Å². The summed E-state index contributed by atoms with van der Waals surface area (Å²) in [4.78, 5) is 12.3. The van der Waals surface area contributed by atoms with Gasteiger partial charge in [-0.3, -0.25) is 9.52 Å². The van der Waals surface area contributed by atoms with Gasteiger partial charge in [-0.1, -0.05) is 6.42 Å². The number of rotatable bonds is 4. The van der Waals surface area contributed by atoms with Crippen LogP contribution in [-0.2, 0) is 10.0 Å². The smallest absolute Gasteiger partial charge is 0.391 e. The lowest BCUT2D eigenvalue weighted by atomic mass is 9.85. The van der Waals surface area contributed by atoms with Crippen molar-refractivity contribution in [1.82, 2.24) is 5.32 Å². The Balaban J connectivity index is 2.11. The van der Waals surface area contributed by atoms with Crippen molar-refractivity contribution in [2.45, 2.75) is 37.9 Å². The minimum atomic E-state index is -4.30. The first-order chi connectivity index (χ1) is 11.5. The summed E-state index contributed by atoms with van der Waals surface area (Å²) in [5, 5.41) is 12.3. The Labute approximate surface area is 143 Å². The lowest BCUT2D eigenvalue weighted by Gasteiger charge is -2.31. The van der Waals surface area contributed by atoms with Crippen LogP contribution in [0.2, 0.25) is 0 Å². The molecule has 3 N–H and O–H groups in total. The molecule has 140 valence electrons. The largest absolute Gasteiger partial charge is 0.507 e. The maximum atomic E-state index is 12.8. The van der Waals surface area contributed by atoms with Crippen LogP contribution in [-0.4, -0.2) is 37.9 Å². The third kappa shape index (κ3) is 5.52. The van der Waals surface area contributed by atoms with E-state index in [0.717, 1.165) is 18.4 Å². The standard InChI is InChI=1S/C15H19F3N2O4S/c1-25(23,24)20-11-5-6-13(21)12(8-11)14(22)19-10-4-2-3-9(7-10)15(16,17)18/h5-6,8-10,20-21H,2-4,7H2,1H3,(H,19,22)/t9-,10+/m0/s1. The fraction of sp³-hybridized carbons (Fsp3) is 0.533. The van der Waals surface area contributed by atoms with E-state index in [-0.39, 0.29) is 29.8 Å². The molecule has 0 bridgehead atoms. The van der Waals surface area contributed by atoms with E-state index < -0.39 is 34.1 Å². The molecule has 0 aliphatic heterocycles. The predicted molar refractivity (Wildman–Crippen MR) is 85.8 cm³/mol. The molecule has 2 atom stereocenters. The van der Waals surface area contributed by atoms with Crippen molar-refractivity contribution in [3.63, 3.8) is 0 Å². The Morgan fingerprint density at radius 3 is 2.56 bits per heavy atom. The monoisotopic (exact) mass is 380 g/mol. The summed E-state index contributed by atoms with van der Waals surface area (Å²) >= 11 is 0. The molecule has 1 amide bonds.